The van der Waals surface area contributed by atoms with Crippen molar-refractivity contribution in [3.8, 4) is 11.4 Å². The van der Waals surface area contributed by atoms with Gasteiger partial charge in [0.15, 0.2) is 0 Å². The van der Waals surface area contributed by atoms with Crippen LogP contribution in [-0.4, -0.2) is 29.5 Å². The largest absolute Gasteiger partial charge is 0.465 e. The number of aromatic nitrogens is 2. The van der Waals surface area contributed by atoms with Gasteiger partial charge in [0, 0.05) is 11.5 Å². The smallest absolute Gasteiger partial charge is 0.387 e. The Bertz CT molecular complexity index is 907. The molecule has 0 atom stereocenters. The van der Waals surface area contributed by atoms with Gasteiger partial charge >= 0.3 is 12.6 Å². The average molecular weight is 362 g/mol. The number of halogens is 2. The molecular weight excluding hydrogens is 342 g/mol. The van der Waals surface area contributed by atoms with E-state index in [1.165, 1.54) is 19.2 Å². The lowest BCUT2D eigenvalue weighted by Gasteiger charge is -2.08. The molecule has 0 aliphatic carbocycles. The Morgan fingerprint density at radius 2 is 1.88 bits per heavy atom. The highest BCUT2D eigenvalue weighted by atomic mass is 19.3. The van der Waals surface area contributed by atoms with Gasteiger partial charge in [-0.3, -0.25) is 0 Å². The van der Waals surface area contributed by atoms with Crippen LogP contribution in [0.2, 0.25) is 0 Å². The lowest BCUT2D eigenvalue weighted by Crippen LogP contribution is -2.03. The number of nitrogens with zero attached hydrogens (tertiary/aromatic N) is 2. The molecule has 0 aliphatic rings. The lowest BCUT2D eigenvalue weighted by atomic mass is 10.1. The van der Waals surface area contributed by atoms with Gasteiger partial charge in [0.1, 0.15) is 5.75 Å². The molecule has 0 bridgehead atoms. The molecule has 0 unspecified atom stereocenters. The fourth-order valence-corrected chi connectivity index (χ4v) is 2.50. The quantitative estimate of drug-likeness (QED) is 0.629. The van der Waals surface area contributed by atoms with Gasteiger partial charge < -0.3 is 9.47 Å². The second-order valence-corrected chi connectivity index (χ2v) is 5.10. The third-order valence-corrected chi connectivity index (χ3v) is 3.57. The summed E-state index contributed by atoms with van der Waals surface area (Å²) in [6, 6.07) is 11.3. The third-order valence-electron chi connectivity index (χ3n) is 3.57. The van der Waals surface area contributed by atoms with Crippen molar-refractivity contribution in [2.45, 2.75) is 27.4 Å². The Morgan fingerprint density at radius 1 is 1.15 bits per heavy atom. The molecule has 0 spiro atoms. The van der Waals surface area contributed by atoms with Crippen LogP contribution in [0.4, 0.5) is 8.78 Å². The molecule has 0 saturated heterocycles. The Labute approximate surface area is 150 Å². The van der Waals surface area contributed by atoms with Gasteiger partial charge in [-0.2, -0.15) is 13.9 Å². The number of carbonyl (C=O) groups excluding carboxylic acids is 1. The molecule has 1 heterocycles. The monoisotopic (exact) mass is 362 g/mol. The molecule has 0 amide bonds. The Morgan fingerprint density at radius 3 is 2.54 bits per heavy atom. The third kappa shape index (κ3) is 3.99. The van der Waals surface area contributed by atoms with E-state index in [-0.39, 0.29) is 5.75 Å². The van der Waals surface area contributed by atoms with Crippen molar-refractivity contribution < 1.29 is 23.0 Å². The topological polar surface area (TPSA) is 53.3 Å². The predicted octanol–water partition coefficient (Wildman–Crippen LogP) is 4.75. The van der Waals surface area contributed by atoms with Crippen LogP contribution in [0.5, 0.6) is 5.75 Å². The number of methoxy groups -OCH3 is 1. The SMILES string of the molecule is CC.COC(=O)c1ccc2c(c1)c(C)nn2-c1cccc(OC(F)F)c1. The fraction of sp³-hybridized carbons (Fsp3) is 0.263. The fourth-order valence-electron chi connectivity index (χ4n) is 2.50. The molecule has 0 radical (unpaired) electrons. The molecule has 0 saturated carbocycles. The van der Waals surface area contributed by atoms with Crippen LogP contribution in [0.15, 0.2) is 42.5 Å². The summed E-state index contributed by atoms with van der Waals surface area (Å²) in [4.78, 5) is 11.7. The van der Waals surface area contributed by atoms with Crippen LogP contribution in [0, 0.1) is 6.92 Å². The van der Waals surface area contributed by atoms with Crippen molar-refractivity contribution in [3.05, 3.63) is 53.7 Å². The van der Waals surface area contributed by atoms with Crippen molar-refractivity contribution in [2.75, 3.05) is 7.11 Å². The second kappa shape index (κ2) is 8.42. The molecule has 2 aromatic carbocycles. The molecule has 0 aliphatic heterocycles. The van der Waals surface area contributed by atoms with E-state index in [2.05, 4.69) is 9.84 Å². The van der Waals surface area contributed by atoms with E-state index in [9.17, 15) is 13.6 Å². The summed E-state index contributed by atoms with van der Waals surface area (Å²) < 4.78 is 35.5. The minimum absolute atomic E-state index is 0.0509. The number of rotatable bonds is 4. The molecule has 5 nitrogen and oxygen atoms in total. The van der Waals surface area contributed by atoms with Gasteiger partial charge in [0.25, 0.3) is 0 Å². The molecule has 0 N–H and O–H groups in total. The first-order valence-corrected chi connectivity index (χ1v) is 8.12. The predicted molar refractivity (Wildman–Crippen MR) is 95.1 cm³/mol. The number of alkyl halides is 2. The van der Waals surface area contributed by atoms with Gasteiger partial charge in [-0.25, -0.2) is 9.48 Å². The number of hydrogen-bond donors (Lipinski definition) is 0. The number of carbonyl (C=O) groups is 1. The summed E-state index contributed by atoms with van der Waals surface area (Å²) in [6.45, 7) is 2.92. The first-order chi connectivity index (χ1) is 12.5. The number of esters is 1. The Hall–Kier alpha value is -2.96. The van der Waals surface area contributed by atoms with Crippen LogP contribution >= 0.6 is 0 Å². The van der Waals surface area contributed by atoms with Crippen molar-refractivity contribution in [1.29, 1.82) is 0 Å². The summed E-state index contributed by atoms with van der Waals surface area (Å²) in [6.07, 6.45) is 0. The number of benzene rings is 2. The number of aryl methyl sites for hydroxylation is 1. The van der Waals surface area contributed by atoms with Gasteiger partial charge in [0.05, 0.1) is 29.6 Å². The lowest BCUT2D eigenvalue weighted by molar-refractivity contribution is -0.0498. The first kappa shape index (κ1) is 19.4. The maximum Gasteiger partial charge on any atom is 0.387 e. The summed E-state index contributed by atoms with van der Waals surface area (Å²) in [7, 11) is 1.32. The molecule has 138 valence electrons. The normalized spacial score (nSPS) is 10.4. The standard InChI is InChI=1S/C17H14F2N2O3.C2H6/c1-10-14-8-11(16(22)23-2)6-7-15(14)21(20-10)12-4-3-5-13(9-12)24-17(18)19;1-2/h3-9,17H,1-2H3;1-2H3. The number of hydrogen-bond acceptors (Lipinski definition) is 4. The highest BCUT2D eigenvalue weighted by molar-refractivity contribution is 5.95. The Balaban J connectivity index is 0.00000117. The maximum atomic E-state index is 12.4. The minimum Gasteiger partial charge on any atom is -0.465 e. The minimum atomic E-state index is -2.89. The highest BCUT2D eigenvalue weighted by Gasteiger charge is 2.14. The summed E-state index contributed by atoms with van der Waals surface area (Å²) in [5.74, 6) is -0.383. The first-order valence-electron chi connectivity index (χ1n) is 8.12. The number of ether oxygens (including phenoxy) is 2. The van der Waals surface area contributed by atoms with Crippen molar-refractivity contribution in [1.82, 2.24) is 9.78 Å². The summed E-state index contributed by atoms with van der Waals surface area (Å²) >= 11 is 0. The molecule has 26 heavy (non-hydrogen) atoms. The molecule has 1 aromatic heterocycles. The number of fused-ring (bicyclic) bond motifs is 1. The molecule has 7 heteroatoms. The zero-order valence-corrected chi connectivity index (χ0v) is 15.0. The molecule has 3 aromatic rings. The molecule has 0 fully saturated rings. The van der Waals surface area contributed by atoms with Crippen LogP contribution in [0.25, 0.3) is 16.6 Å². The maximum absolute atomic E-state index is 12.4. The van der Waals surface area contributed by atoms with Gasteiger partial charge in [-0.05, 0) is 37.3 Å². The van der Waals surface area contributed by atoms with E-state index in [0.29, 0.717) is 16.9 Å². The van der Waals surface area contributed by atoms with E-state index in [1.807, 2.05) is 13.8 Å². The summed E-state index contributed by atoms with van der Waals surface area (Å²) in [5, 5.41) is 5.20. The Kier molecular flexibility index (Phi) is 6.27. The van der Waals surface area contributed by atoms with Crippen molar-refractivity contribution in [2.24, 2.45) is 0 Å². The van der Waals surface area contributed by atoms with Crippen molar-refractivity contribution >= 4 is 16.9 Å². The van der Waals surface area contributed by atoms with Crippen LogP contribution < -0.4 is 4.74 Å². The highest BCUT2D eigenvalue weighted by Crippen LogP contribution is 2.25. The van der Waals surface area contributed by atoms with Gasteiger partial charge in [-0.1, -0.05) is 19.9 Å². The van der Waals surface area contributed by atoms with Crippen molar-refractivity contribution in [3.63, 3.8) is 0 Å². The van der Waals surface area contributed by atoms with E-state index in [4.69, 9.17) is 4.74 Å². The van der Waals surface area contributed by atoms with Gasteiger partial charge in [0.2, 0.25) is 0 Å². The van der Waals surface area contributed by atoms with E-state index >= 15 is 0 Å². The zero-order chi connectivity index (χ0) is 19.3. The van der Waals surface area contributed by atoms with E-state index in [1.54, 1.807) is 41.9 Å². The second-order valence-electron chi connectivity index (χ2n) is 5.10. The van der Waals surface area contributed by atoms with E-state index in [0.717, 1.165) is 10.9 Å². The summed E-state index contributed by atoms with van der Waals surface area (Å²) in [5.41, 5.74) is 2.45. The average Bonchev–Trinajstić information content (AvgIpc) is 2.98. The van der Waals surface area contributed by atoms with Crippen LogP contribution in [-0.2, 0) is 4.74 Å². The van der Waals surface area contributed by atoms with Gasteiger partial charge in [-0.15, -0.1) is 0 Å². The van der Waals surface area contributed by atoms with Crippen LogP contribution in [0.1, 0.15) is 29.9 Å². The van der Waals surface area contributed by atoms with E-state index < -0.39 is 12.6 Å². The molecular formula is C19H20F2N2O3. The molecule has 3 rings (SSSR count). The van der Waals surface area contributed by atoms with Crippen LogP contribution in [0.3, 0.4) is 0 Å². The zero-order valence-electron chi connectivity index (χ0n) is 15.0.